The van der Waals surface area contributed by atoms with E-state index in [1.54, 1.807) is 40.7 Å². The highest BCUT2D eigenvalue weighted by Crippen LogP contribution is 2.21. The predicted octanol–water partition coefficient (Wildman–Crippen LogP) is 1.71. The number of benzene rings is 1. The number of rotatable bonds is 8. The molecule has 0 unspecified atom stereocenters. The van der Waals surface area contributed by atoms with Gasteiger partial charge in [-0.15, -0.1) is 0 Å². The zero-order valence-electron chi connectivity index (χ0n) is 15.3. The number of nitrogens with zero attached hydrogens (tertiary/aromatic N) is 1. The van der Waals surface area contributed by atoms with Crippen molar-refractivity contribution in [3.05, 3.63) is 29.3 Å². The molecule has 0 heterocycles. The van der Waals surface area contributed by atoms with Crippen LogP contribution in [0.25, 0.3) is 0 Å². The van der Waals surface area contributed by atoms with E-state index in [0.29, 0.717) is 18.7 Å². The molecule has 0 radical (unpaired) electrons. The van der Waals surface area contributed by atoms with Crippen molar-refractivity contribution in [2.45, 2.75) is 45.6 Å². The molecule has 1 N–H and O–H groups in total. The summed E-state index contributed by atoms with van der Waals surface area (Å²) in [5.41, 5.74) is 0.634. The summed E-state index contributed by atoms with van der Waals surface area (Å²) < 4.78 is 31.6. The summed E-state index contributed by atoms with van der Waals surface area (Å²) in [6, 6.07) is 4.28. The number of hydrogen-bond donors (Lipinski definition) is 1. The first kappa shape index (κ1) is 21.1. The molecule has 0 saturated heterocycles. The minimum absolute atomic E-state index is 0.0589. The third-order valence-electron chi connectivity index (χ3n) is 3.53. The monoisotopic (exact) mass is 370 g/mol. The van der Waals surface area contributed by atoms with Crippen LogP contribution in [0.1, 0.15) is 43.6 Å². The summed E-state index contributed by atoms with van der Waals surface area (Å²) in [4.78, 5) is 23.7. The fraction of sp³-hybridized carbons (Fsp3) is 0.529. The van der Waals surface area contributed by atoms with Crippen LogP contribution in [0.2, 0.25) is 0 Å². The van der Waals surface area contributed by atoms with Gasteiger partial charge in [-0.25, -0.2) is 13.2 Å². The lowest BCUT2D eigenvalue weighted by molar-refractivity contribution is -0.124. The van der Waals surface area contributed by atoms with Crippen molar-refractivity contribution in [3.63, 3.8) is 0 Å². The largest absolute Gasteiger partial charge is 0.452 e. The van der Waals surface area contributed by atoms with Crippen LogP contribution in [0.4, 0.5) is 0 Å². The lowest BCUT2D eigenvalue weighted by atomic mass is 10.1. The molecule has 140 valence electrons. The van der Waals surface area contributed by atoms with E-state index in [1.807, 2.05) is 0 Å². The molecule has 8 heteroatoms. The second-order valence-corrected chi connectivity index (χ2v) is 7.77. The molecule has 0 aromatic heterocycles. The Labute approximate surface area is 149 Å². The average molecular weight is 370 g/mol. The zero-order chi connectivity index (χ0) is 19.2. The molecule has 0 aliphatic heterocycles. The topological polar surface area (TPSA) is 92.8 Å². The fourth-order valence-electron chi connectivity index (χ4n) is 2.29. The number of aryl methyl sites for hydroxylation is 1. The first-order valence-corrected chi connectivity index (χ1v) is 9.64. The molecule has 7 nitrogen and oxygen atoms in total. The smallest absolute Gasteiger partial charge is 0.338 e. The molecule has 0 spiro atoms. The highest BCUT2D eigenvalue weighted by molar-refractivity contribution is 7.89. The van der Waals surface area contributed by atoms with Crippen LogP contribution in [0, 0.1) is 6.92 Å². The van der Waals surface area contributed by atoms with Gasteiger partial charge in [0, 0.05) is 19.1 Å². The van der Waals surface area contributed by atoms with Gasteiger partial charge in [0.2, 0.25) is 10.0 Å². The molecule has 1 rings (SSSR count). The first-order valence-electron chi connectivity index (χ1n) is 8.20. The molecule has 0 aliphatic rings. The van der Waals surface area contributed by atoms with Crippen LogP contribution in [0.15, 0.2) is 23.1 Å². The lowest BCUT2D eigenvalue weighted by Gasteiger charge is -2.20. The second kappa shape index (κ2) is 8.96. The lowest BCUT2D eigenvalue weighted by Crippen LogP contribution is -2.34. The maximum absolute atomic E-state index is 12.7. The van der Waals surface area contributed by atoms with Crippen LogP contribution in [0.3, 0.4) is 0 Å². The summed E-state index contributed by atoms with van der Waals surface area (Å²) in [5.74, 6) is -1.15. The van der Waals surface area contributed by atoms with Crippen LogP contribution < -0.4 is 5.32 Å². The second-order valence-electron chi connectivity index (χ2n) is 5.87. The van der Waals surface area contributed by atoms with Crippen LogP contribution in [0.5, 0.6) is 0 Å². The van der Waals surface area contributed by atoms with E-state index >= 15 is 0 Å². The number of carbonyl (C=O) groups excluding carboxylic acids is 2. The van der Waals surface area contributed by atoms with Crippen molar-refractivity contribution in [2.24, 2.45) is 0 Å². The number of esters is 1. The Morgan fingerprint density at radius 3 is 2.32 bits per heavy atom. The Morgan fingerprint density at radius 2 is 1.80 bits per heavy atom. The van der Waals surface area contributed by atoms with Gasteiger partial charge in [-0.2, -0.15) is 4.31 Å². The fourth-order valence-corrected chi connectivity index (χ4v) is 3.99. The maximum atomic E-state index is 12.7. The van der Waals surface area contributed by atoms with E-state index in [0.717, 1.165) is 0 Å². The van der Waals surface area contributed by atoms with Gasteiger partial charge >= 0.3 is 5.97 Å². The molecule has 0 bridgehead atoms. The summed E-state index contributed by atoms with van der Waals surface area (Å²) in [7, 11) is -3.69. The first-order chi connectivity index (χ1) is 11.6. The molecular weight excluding hydrogens is 344 g/mol. The van der Waals surface area contributed by atoms with Crippen molar-refractivity contribution >= 4 is 21.9 Å². The average Bonchev–Trinajstić information content (AvgIpc) is 2.53. The molecule has 0 atom stereocenters. The highest BCUT2D eigenvalue weighted by Gasteiger charge is 2.25. The Balaban J connectivity index is 3.01. The minimum atomic E-state index is -3.69. The number of sulfonamides is 1. The normalized spacial score (nSPS) is 11.6. The third-order valence-corrected chi connectivity index (χ3v) is 5.72. The van der Waals surface area contributed by atoms with E-state index < -0.39 is 28.5 Å². The van der Waals surface area contributed by atoms with Gasteiger partial charge in [0.1, 0.15) is 0 Å². The predicted molar refractivity (Wildman–Crippen MR) is 94.8 cm³/mol. The third kappa shape index (κ3) is 5.54. The highest BCUT2D eigenvalue weighted by atomic mass is 32.2. The summed E-state index contributed by atoms with van der Waals surface area (Å²) in [6.07, 6.45) is 0. The molecule has 1 amide bonds. The van der Waals surface area contributed by atoms with Crippen LogP contribution in [-0.2, 0) is 19.6 Å². The standard InChI is InChI=1S/C17H26N2O5S/c1-6-19(7-2)25(22,23)15-10-14(9-8-13(15)5)17(21)24-11-16(20)18-12(3)4/h8-10,12H,6-7,11H2,1-5H3,(H,18,20). The van der Waals surface area contributed by atoms with E-state index in [1.165, 1.54) is 16.4 Å². The molecule has 1 aromatic rings. The molecule has 0 saturated carbocycles. The molecular formula is C17H26N2O5S. The SMILES string of the molecule is CCN(CC)S(=O)(=O)c1cc(C(=O)OCC(=O)NC(C)C)ccc1C. The van der Waals surface area contributed by atoms with E-state index in [9.17, 15) is 18.0 Å². The Morgan fingerprint density at radius 1 is 1.20 bits per heavy atom. The van der Waals surface area contributed by atoms with Crippen molar-refractivity contribution in [2.75, 3.05) is 19.7 Å². The maximum Gasteiger partial charge on any atom is 0.338 e. The molecule has 0 aliphatic carbocycles. The Kier molecular flexibility index (Phi) is 7.57. The van der Waals surface area contributed by atoms with Crippen molar-refractivity contribution in [1.29, 1.82) is 0 Å². The van der Waals surface area contributed by atoms with Gasteiger partial charge < -0.3 is 10.1 Å². The summed E-state index contributed by atoms with van der Waals surface area (Å²) in [6.45, 7) is 9.02. The Hall–Kier alpha value is -1.93. The number of ether oxygens (including phenoxy) is 1. The summed E-state index contributed by atoms with van der Waals surface area (Å²) >= 11 is 0. The van der Waals surface area contributed by atoms with E-state index in [2.05, 4.69) is 5.32 Å². The van der Waals surface area contributed by atoms with Crippen molar-refractivity contribution in [3.8, 4) is 0 Å². The number of nitrogens with one attached hydrogen (secondary N) is 1. The van der Waals surface area contributed by atoms with Gasteiger partial charge in [0.15, 0.2) is 6.61 Å². The van der Waals surface area contributed by atoms with Gasteiger partial charge in [-0.05, 0) is 38.5 Å². The number of amides is 1. The van der Waals surface area contributed by atoms with E-state index in [4.69, 9.17) is 4.74 Å². The van der Waals surface area contributed by atoms with Gasteiger partial charge in [0.25, 0.3) is 5.91 Å². The zero-order valence-corrected chi connectivity index (χ0v) is 16.1. The van der Waals surface area contributed by atoms with E-state index in [-0.39, 0.29) is 16.5 Å². The number of hydrogen-bond acceptors (Lipinski definition) is 5. The van der Waals surface area contributed by atoms with Crippen molar-refractivity contribution < 1.29 is 22.7 Å². The molecule has 1 aromatic carbocycles. The molecule has 25 heavy (non-hydrogen) atoms. The van der Waals surface area contributed by atoms with Gasteiger partial charge in [0.05, 0.1) is 10.5 Å². The van der Waals surface area contributed by atoms with Crippen LogP contribution in [-0.4, -0.2) is 50.3 Å². The van der Waals surface area contributed by atoms with Gasteiger partial charge in [-0.3, -0.25) is 4.79 Å². The van der Waals surface area contributed by atoms with Crippen molar-refractivity contribution in [1.82, 2.24) is 9.62 Å². The Bertz CT molecular complexity index is 725. The molecule has 0 fully saturated rings. The van der Waals surface area contributed by atoms with Gasteiger partial charge in [-0.1, -0.05) is 19.9 Å². The minimum Gasteiger partial charge on any atom is -0.452 e. The van der Waals surface area contributed by atoms with Crippen LogP contribution >= 0.6 is 0 Å². The summed E-state index contributed by atoms with van der Waals surface area (Å²) in [5, 5.41) is 2.61. The quantitative estimate of drug-likeness (QED) is 0.703. The number of carbonyl (C=O) groups is 2.